The van der Waals surface area contributed by atoms with E-state index >= 15 is 0 Å². The summed E-state index contributed by atoms with van der Waals surface area (Å²) in [6.45, 7) is 1.09. The number of hydrogen-bond acceptors (Lipinski definition) is 4. The molecule has 27 heavy (non-hydrogen) atoms. The number of rotatable bonds is 5. The van der Waals surface area contributed by atoms with Crippen molar-refractivity contribution in [3.05, 3.63) is 75.3 Å². The van der Waals surface area contributed by atoms with Crippen molar-refractivity contribution in [2.45, 2.75) is 13.1 Å². The van der Waals surface area contributed by atoms with Crippen LogP contribution in [0.4, 0.5) is 24.5 Å². The molecular formula is C18H13F3N2O4. The van der Waals surface area contributed by atoms with Crippen LogP contribution >= 0.6 is 0 Å². The van der Waals surface area contributed by atoms with E-state index in [1.165, 1.54) is 36.4 Å². The number of non-ortho nitro benzene ring substituents is 1. The fraction of sp³-hybridized carbons (Fsp3) is 0.111. The summed E-state index contributed by atoms with van der Waals surface area (Å²) in [7, 11) is 0. The highest BCUT2D eigenvalue weighted by molar-refractivity contribution is 6.25. The second kappa shape index (κ2) is 7.81. The number of para-hydroxylation sites is 1. The normalized spacial score (nSPS) is 11.8. The molecule has 0 saturated carbocycles. The molecule has 9 heteroatoms. The van der Waals surface area contributed by atoms with Gasteiger partial charge in [0.2, 0.25) is 0 Å². The molecule has 0 aliphatic heterocycles. The van der Waals surface area contributed by atoms with Gasteiger partial charge >= 0.3 is 6.18 Å². The van der Waals surface area contributed by atoms with Crippen molar-refractivity contribution >= 4 is 29.1 Å². The second-order valence-electron chi connectivity index (χ2n) is 5.46. The predicted molar refractivity (Wildman–Crippen MR) is 91.8 cm³/mol. The maximum Gasteiger partial charge on any atom is 0.418 e. The summed E-state index contributed by atoms with van der Waals surface area (Å²) in [4.78, 5) is 34.2. The van der Waals surface area contributed by atoms with Gasteiger partial charge in [-0.15, -0.1) is 0 Å². The van der Waals surface area contributed by atoms with E-state index in [-0.39, 0.29) is 11.3 Å². The topological polar surface area (TPSA) is 89.3 Å². The van der Waals surface area contributed by atoms with Gasteiger partial charge in [-0.2, -0.15) is 13.2 Å². The van der Waals surface area contributed by atoms with Gasteiger partial charge in [-0.1, -0.05) is 12.1 Å². The van der Waals surface area contributed by atoms with Gasteiger partial charge in [0.25, 0.3) is 11.6 Å². The van der Waals surface area contributed by atoms with Gasteiger partial charge in [-0.3, -0.25) is 19.7 Å². The molecule has 0 aromatic heterocycles. The number of benzene rings is 2. The summed E-state index contributed by atoms with van der Waals surface area (Å²) >= 11 is 0. The molecule has 2 aromatic rings. The summed E-state index contributed by atoms with van der Waals surface area (Å²) < 4.78 is 39.1. The van der Waals surface area contributed by atoms with Crippen molar-refractivity contribution in [1.82, 2.24) is 0 Å². The molecule has 140 valence electrons. The van der Waals surface area contributed by atoms with Crippen molar-refractivity contribution in [1.29, 1.82) is 0 Å². The van der Waals surface area contributed by atoms with Crippen LogP contribution in [0, 0.1) is 10.1 Å². The van der Waals surface area contributed by atoms with E-state index in [9.17, 15) is 32.9 Å². The zero-order chi connectivity index (χ0) is 20.2. The number of Topliss-reactive ketones (excluding diaryl/α,β-unsaturated/α-hetero) is 1. The summed E-state index contributed by atoms with van der Waals surface area (Å²) in [6, 6.07) is 9.37. The van der Waals surface area contributed by atoms with Crippen molar-refractivity contribution in [3.8, 4) is 0 Å². The predicted octanol–water partition coefficient (Wildman–Crippen LogP) is 4.22. The highest BCUT2D eigenvalue weighted by Gasteiger charge is 2.33. The molecule has 6 nitrogen and oxygen atoms in total. The van der Waals surface area contributed by atoms with Gasteiger partial charge in [0.1, 0.15) is 0 Å². The van der Waals surface area contributed by atoms with Gasteiger partial charge in [0, 0.05) is 12.1 Å². The number of nitrogens with zero attached hydrogens (tertiary/aromatic N) is 1. The molecule has 0 atom stereocenters. The SMILES string of the molecule is CC(=O)/C(=C\c1ccc([N+](=O)[O-])cc1)C(=O)Nc1ccccc1C(F)(F)F. The average Bonchev–Trinajstić information content (AvgIpc) is 2.59. The third kappa shape index (κ3) is 5.00. The Balaban J connectivity index is 2.34. The largest absolute Gasteiger partial charge is 0.418 e. The Morgan fingerprint density at radius 3 is 2.19 bits per heavy atom. The van der Waals surface area contributed by atoms with Crippen molar-refractivity contribution in [3.63, 3.8) is 0 Å². The first-order valence-corrected chi connectivity index (χ1v) is 7.54. The first-order chi connectivity index (χ1) is 12.6. The van der Waals surface area contributed by atoms with Gasteiger partial charge in [-0.25, -0.2) is 0 Å². The molecule has 2 aromatic carbocycles. The Labute approximate surface area is 151 Å². The maximum absolute atomic E-state index is 13.0. The lowest BCUT2D eigenvalue weighted by atomic mass is 10.1. The number of nitro groups is 1. The van der Waals surface area contributed by atoms with Gasteiger partial charge in [-0.05, 0) is 42.8 Å². The van der Waals surface area contributed by atoms with Crippen LogP contribution in [0.1, 0.15) is 18.1 Å². The molecule has 2 rings (SSSR count). The minimum Gasteiger partial charge on any atom is -0.321 e. The van der Waals surface area contributed by atoms with Crippen LogP contribution in [-0.4, -0.2) is 16.6 Å². The number of carbonyl (C=O) groups excluding carboxylic acids is 2. The van der Waals surface area contributed by atoms with Crippen LogP contribution in [0.25, 0.3) is 6.08 Å². The molecule has 1 N–H and O–H groups in total. The van der Waals surface area contributed by atoms with Gasteiger partial charge in [0.05, 0.1) is 21.7 Å². The molecule has 0 aliphatic carbocycles. The minimum atomic E-state index is -4.68. The van der Waals surface area contributed by atoms with Crippen molar-refractivity contribution in [2.75, 3.05) is 5.32 Å². The smallest absolute Gasteiger partial charge is 0.321 e. The summed E-state index contributed by atoms with van der Waals surface area (Å²) in [5.41, 5.74) is -1.78. The molecule has 0 bridgehead atoms. The third-order valence-corrected chi connectivity index (χ3v) is 3.52. The van der Waals surface area contributed by atoms with Crippen LogP contribution in [0.2, 0.25) is 0 Å². The first kappa shape index (κ1) is 19.8. The number of halogens is 3. The van der Waals surface area contributed by atoms with E-state index in [1.54, 1.807) is 0 Å². The van der Waals surface area contributed by atoms with Gasteiger partial charge < -0.3 is 5.32 Å². The zero-order valence-electron chi connectivity index (χ0n) is 13.9. The quantitative estimate of drug-likeness (QED) is 0.277. The number of nitrogens with one attached hydrogen (secondary N) is 1. The Morgan fingerprint density at radius 2 is 1.67 bits per heavy atom. The van der Waals surface area contributed by atoms with Crippen LogP contribution in [0.3, 0.4) is 0 Å². The number of anilines is 1. The number of alkyl halides is 3. The molecule has 0 unspecified atom stereocenters. The van der Waals surface area contributed by atoms with E-state index in [0.717, 1.165) is 25.1 Å². The maximum atomic E-state index is 13.0. The van der Waals surface area contributed by atoms with E-state index in [1.807, 2.05) is 0 Å². The third-order valence-electron chi connectivity index (χ3n) is 3.52. The highest BCUT2D eigenvalue weighted by atomic mass is 19.4. The lowest BCUT2D eigenvalue weighted by molar-refractivity contribution is -0.384. The summed E-state index contributed by atoms with van der Waals surface area (Å²) in [5, 5.41) is 12.7. The Kier molecular flexibility index (Phi) is 5.74. The van der Waals surface area contributed by atoms with Crippen LogP contribution < -0.4 is 5.32 Å². The average molecular weight is 378 g/mol. The van der Waals surface area contributed by atoms with E-state index in [2.05, 4.69) is 5.32 Å². The lowest BCUT2D eigenvalue weighted by Gasteiger charge is -2.14. The lowest BCUT2D eigenvalue weighted by Crippen LogP contribution is -2.21. The van der Waals surface area contributed by atoms with Crippen LogP contribution in [0.15, 0.2) is 54.1 Å². The molecule has 0 spiro atoms. The minimum absolute atomic E-state index is 0.180. The van der Waals surface area contributed by atoms with E-state index in [0.29, 0.717) is 5.56 Å². The molecule has 0 fully saturated rings. The van der Waals surface area contributed by atoms with Crippen molar-refractivity contribution in [2.24, 2.45) is 0 Å². The van der Waals surface area contributed by atoms with Crippen LogP contribution in [0.5, 0.6) is 0 Å². The van der Waals surface area contributed by atoms with E-state index in [4.69, 9.17) is 0 Å². The summed E-state index contributed by atoms with van der Waals surface area (Å²) in [6.07, 6.45) is -3.53. The Bertz CT molecular complexity index is 919. The fourth-order valence-electron chi connectivity index (χ4n) is 2.21. The second-order valence-corrected chi connectivity index (χ2v) is 5.46. The molecule has 0 heterocycles. The molecule has 0 saturated heterocycles. The fourth-order valence-corrected chi connectivity index (χ4v) is 2.21. The van der Waals surface area contributed by atoms with Crippen LogP contribution in [-0.2, 0) is 15.8 Å². The molecule has 0 radical (unpaired) electrons. The summed E-state index contributed by atoms with van der Waals surface area (Å²) in [5.74, 6) is -1.69. The monoisotopic (exact) mass is 378 g/mol. The number of amides is 1. The Morgan fingerprint density at radius 1 is 1.07 bits per heavy atom. The van der Waals surface area contributed by atoms with Gasteiger partial charge in [0.15, 0.2) is 5.78 Å². The van der Waals surface area contributed by atoms with Crippen molar-refractivity contribution < 1.29 is 27.7 Å². The highest BCUT2D eigenvalue weighted by Crippen LogP contribution is 2.34. The first-order valence-electron chi connectivity index (χ1n) is 7.54. The number of nitro benzene ring substituents is 1. The van der Waals surface area contributed by atoms with E-state index < -0.39 is 34.0 Å². The number of carbonyl (C=O) groups is 2. The molecular weight excluding hydrogens is 365 g/mol. The zero-order valence-corrected chi connectivity index (χ0v) is 13.9. The Hall–Kier alpha value is -3.49. The molecule has 1 amide bonds. The standard InChI is InChI=1S/C18H13F3N2O4/c1-11(24)14(10-12-6-8-13(9-7-12)23(26)27)17(25)22-16-5-3-2-4-15(16)18(19,20)21/h2-10H,1H3,(H,22,25)/b14-10+. The molecule has 0 aliphatic rings. The number of hydrogen-bond donors (Lipinski definition) is 1. The number of ketones is 1.